The lowest BCUT2D eigenvalue weighted by Crippen LogP contribution is -2.29. The van der Waals surface area contributed by atoms with Crippen molar-refractivity contribution in [2.75, 3.05) is 18.0 Å². The Hall–Kier alpha value is -1.20. The first-order valence-corrected chi connectivity index (χ1v) is 7.48. The Morgan fingerprint density at radius 3 is 2.65 bits per heavy atom. The van der Waals surface area contributed by atoms with Gasteiger partial charge in [-0.3, -0.25) is 0 Å². The van der Waals surface area contributed by atoms with Crippen molar-refractivity contribution < 1.29 is 5.11 Å². The number of nitrogens with one attached hydrogen (secondary N) is 1. The third kappa shape index (κ3) is 4.42. The summed E-state index contributed by atoms with van der Waals surface area (Å²) in [5.74, 6) is 0.774. The number of anilines is 1. The van der Waals surface area contributed by atoms with Gasteiger partial charge in [-0.15, -0.1) is 0 Å². The van der Waals surface area contributed by atoms with E-state index in [2.05, 4.69) is 34.0 Å². The Bertz CT molecular complexity index is 416. The van der Waals surface area contributed by atoms with Gasteiger partial charge in [-0.05, 0) is 26.2 Å². The standard InChI is InChI=1S/C15H26N4O/c1-12(2)16-9-13-10-17-14(18-11-13)19-7-4-5-15(3,20)6-8-19/h10-12,16,20H,4-9H2,1-3H3. The van der Waals surface area contributed by atoms with Crippen LogP contribution in [0.2, 0.25) is 0 Å². The minimum atomic E-state index is -0.546. The second kappa shape index (κ2) is 6.50. The van der Waals surface area contributed by atoms with Gasteiger partial charge in [-0.25, -0.2) is 9.97 Å². The van der Waals surface area contributed by atoms with Crippen molar-refractivity contribution in [2.45, 2.75) is 58.2 Å². The Morgan fingerprint density at radius 1 is 1.30 bits per heavy atom. The topological polar surface area (TPSA) is 61.3 Å². The number of hydrogen-bond acceptors (Lipinski definition) is 5. The molecule has 5 nitrogen and oxygen atoms in total. The molecule has 2 heterocycles. The maximum atomic E-state index is 10.1. The number of rotatable bonds is 4. The lowest BCUT2D eigenvalue weighted by molar-refractivity contribution is 0.0481. The molecule has 0 spiro atoms. The maximum Gasteiger partial charge on any atom is 0.225 e. The molecular formula is C15H26N4O. The van der Waals surface area contributed by atoms with Crippen molar-refractivity contribution in [1.82, 2.24) is 15.3 Å². The molecule has 112 valence electrons. The van der Waals surface area contributed by atoms with Crippen molar-refractivity contribution in [1.29, 1.82) is 0 Å². The van der Waals surface area contributed by atoms with Gasteiger partial charge in [0.05, 0.1) is 5.60 Å². The van der Waals surface area contributed by atoms with Crippen LogP contribution in [-0.4, -0.2) is 39.8 Å². The predicted octanol–water partition coefficient (Wildman–Crippen LogP) is 1.72. The molecule has 1 aromatic rings. The summed E-state index contributed by atoms with van der Waals surface area (Å²) in [6.45, 7) is 8.69. The zero-order valence-electron chi connectivity index (χ0n) is 12.8. The molecule has 0 radical (unpaired) electrons. The second-order valence-corrected chi connectivity index (χ2v) is 6.26. The molecule has 1 unspecified atom stereocenters. The Labute approximate surface area is 121 Å². The van der Waals surface area contributed by atoms with Crippen molar-refractivity contribution >= 4 is 5.95 Å². The average Bonchev–Trinajstić information content (AvgIpc) is 2.58. The fourth-order valence-corrected chi connectivity index (χ4v) is 2.39. The van der Waals surface area contributed by atoms with Crippen LogP contribution in [0, 0.1) is 0 Å². The minimum Gasteiger partial charge on any atom is -0.390 e. The van der Waals surface area contributed by atoms with Gasteiger partial charge in [0.25, 0.3) is 0 Å². The van der Waals surface area contributed by atoms with E-state index in [9.17, 15) is 5.11 Å². The Kier molecular flexibility index (Phi) is 4.94. The van der Waals surface area contributed by atoms with Crippen molar-refractivity contribution in [3.05, 3.63) is 18.0 Å². The van der Waals surface area contributed by atoms with E-state index in [1.54, 1.807) is 0 Å². The zero-order valence-corrected chi connectivity index (χ0v) is 12.8. The van der Waals surface area contributed by atoms with Gasteiger partial charge in [0.15, 0.2) is 0 Å². The summed E-state index contributed by atoms with van der Waals surface area (Å²) < 4.78 is 0. The van der Waals surface area contributed by atoms with Crippen LogP contribution in [-0.2, 0) is 6.54 Å². The monoisotopic (exact) mass is 278 g/mol. The number of aliphatic hydroxyl groups is 1. The number of aromatic nitrogens is 2. The Balaban J connectivity index is 1.95. The van der Waals surface area contributed by atoms with Gasteiger partial charge >= 0.3 is 0 Å². The van der Waals surface area contributed by atoms with Gasteiger partial charge in [-0.2, -0.15) is 0 Å². The van der Waals surface area contributed by atoms with E-state index >= 15 is 0 Å². The van der Waals surface area contributed by atoms with E-state index in [0.717, 1.165) is 50.4 Å². The summed E-state index contributed by atoms with van der Waals surface area (Å²) >= 11 is 0. The summed E-state index contributed by atoms with van der Waals surface area (Å²) in [5, 5.41) is 13.5. The molecule has 20 heavy (non-hydrogen) atoms. The van der Waals surface area contributed by atoms with Crippen molar-refractivity contribution in [3.63, 3.8) is 0 Å². The normalized spacial score (nSPS) is 23.9. The molecule has 1 aliphatic heterocycles. The molecule has 0 aromatic carbocycles. The van der Waals surface area contributed by atoms with Crippen LogP contribution >= 0.6 is 0 Å². The van der Waals surface area contributed by atoms with E-state index in [1.807, 2.05) is 19.3 Å². The summed E-state index contributed by atoms with van der Waals surface area (Å²) in [7, 11) is 0. The van der Waals surface area contributed by atoms with Gasteiger partial charge in [0.2, 0.25) is 5.95 Å². The van der Waals surface area contributed by atoms with Crippen LogP contribution in [0.1, 0.15) is 45.6 Å². The number of nitrogens with zero attached hydrogens (tertiary/aromatic N) is 3. The highest BCUT2D eigenvalue weighted by molar-refractivity contribution is 5.30. The molecule has 0 aliphatic carbocycles. The first-order valence-electron chi connectivity index (χ1n) is 7.48. The highest BCUT2D eigenvalue weighted by atomic mass is 16.3. The fraction of sp³-hybridized carbons (Fsp3) is 0.733. The zero-order chi connectivity index (χ0) is 14.6. The van der Waals surface area contributed by atoms with Crippen LogP contribution in [0.25, 0.3) is 0 Å². The average molecular weight is 278 g/mol. The van der Waals surface area contributed by atoms with Gasteiger partial charge in [-0.1, -0.05) is 13.8 Å². The molecule has 1 fully saturated rings. The molecule has 0 amide bonds. The second-order valence-electron chi connectivity index (χ2n) is 6.26. The molecule has 0 saturated carbocycles. The third-order valence-corrected chi connectivity index (χ3v) is 3.75. The van der Waals surface area contributed by atoms with Crippen LogP contribution in [0.4, 0.5) is 5.95 Å². The molecular weight excluding hydrogens is 252 g/mol. The van der Waals surface area contributed by atoms with Crippen LogP contribution in [0.5, 0.6) is 0 Å². The third-order valence-electron chi connectivity index (χ3n) is 3.75. The molecule has 2 rings (SSSR count). The van der Waals surface area contributed by atoms with E-state index in [1.165, 1.54) is 0 Å². The van der Waals surface area contributed by atoms with Crippen LogP contribution < -0.4 is 10.2 Å². The van der Waals surface area contributed by atoms with Crippen LogP contribution in [0.3, 0.4) is 0 Å². The van der Waals surface area contributed by atoms with Crippen LogP contribution in [0.15, 0.2) is 12.4 Å². The summed E-state index contributed by atoms with van der Waals surface area (Å²) in [4.78, 5) is 11.1. The smallest absolute Gasteiger partial charge is 0.225 e. The molecule has 2 N–H and O–H groups in total. The van der Waals surface area contributed by atoms with Crippen molar-refractivity contribution in [3.8, 4) is 0 Å². The Morgan fingerprint density at radius 2 is 2.00 bits per heavy atom. The molecule has 1 saturated heterocycles. The van der Waals surface area contributed by atoms with Gasteiger partial charge in [0, 0.05) is 43.6 Å². The molecule has 0 bridgehead atoms. The van der Waals surface area contributed by atoms with Gasteiger partial charge < -0.3 is 15.3 Å². The minimum absolute atomic E-state index is 0.461. The highest BCUT2D eigenvalue weighted by Crippen LogP contribution is 2.23. The number of hydrogen-bond donors (Lipinski definition) is 2. The van der Waals surface area contributed by atoms with Crippen molar-refractivity contribution in [2.24, 2.45) is 0 Å². The molecule has 1 aliphatic rings. The molecule has 1 aromatic heterocycles. The fourth-order valence-electron chi connectivity index (χ4n) is 2.39. The lowest BCUT2D eigenvalue weighted by atomic mass is 9.98. The first kappa shape index (κ1) is 15.2. The first-order chi connectivity index (χ1) is 9.46. The quantitative estimate of drug-likeness (QED) is 0.878. The van der Waals surface area contributed by atoms with E-state index in [4.69, 9.17) is 0 Å². The van der Waals surface area contributed by atoms with E-state index < -0.39 is 5.60 Å². The maximum absolute atomic E-state index is 10.1. The summed E-state index contributed by atoms with van der Waals surface area (Å²) in [6, 6.07) is 0.461. The van der Waals surface area contributed by atoms with Gasteiger partial charge in [0.1, 0.15) is 0 Å². The van der Waals surface area contributed by atoms with E-state index in [-0.39, 0.29) is 0 Å². The SMILES string of the molecule is CC(C)NCc1cnc(N2CCCC(C)(O)CC2)nc1. The lowest BCUT2D eigenvalue weighted by Gasteiger charge is -2.22. The largest absolute Gasteiger partial charge is 0.390 e. The molecule has 5 heteroatoms. The highest BCUT2D eigenvalue weighted by Gasteiger charge is 2.25. The molecule has 1 atom stereocenters. The van der Waals surface area contributed by atoms with E-state index in [0.29, 0.717) is 6.04 Å². The summed E-state index contributed by atoms with van der Waals surface area (Å²) in [5.41, 5.74) is 0.555. The summed E-state index contributed by atoms with van der Waals surface area (Å²) in [6.07, 6.45) is 6.38. The predicted molar refractivity (Wildman–Crippen MR) is 80.7 cm³/mol.